The number of aliphatic hydroxyl groups excluding tert-OH is 2. The molecular formula is C15H31N2O2+. The first-order valence-corrected chi connectivity index (χ1v) is 7.19. The molecule has 2 atom stereocenters. The third-order valence-electron chi connectivity index (χ3n) is 4.06. The highest BCUT2D eigenvalue weighted by atomic mass is 16.3. The lowest BCUT2D eigenvalue weighted by molar-refractivity contribution is -0.572. The van der Waals surface area contributed by atoms with Crippen LogP contribution in [0.2, 0.25) is 0 Å². The van der Waals surface area contributed by atoms with Gasteiger partial charge in [-0.1, -0.05) is 41.5 Å². The van der Waals surface area contributed by atoms with Gasteiger partial charge < -0.3 is 10.2 Å². The first kappa shape index (κ1) is 16.4. The van der Waals surface area contributed by atoms with Gasteiger partial charge in [-0.2, -0.15) is 0 Å². The Morgan fingerprint density at radius 1 is 1.05 bits per heavy atom. The Bertz CT molecular complexity index is 326. The Hall–Kier alpha value is -0.610. The highest BCUT2D eigenvalue weighted by molar-refractivity contribution is 5.51. The molecule has 19 heavy (non-hydrogen) atoms. The lowest BCUT2D eigenvalue weighted by Gasteiger charge is -2.31. The summed E-state index contributed by atoms with van der Waals surface area (Å²) in [5.74, 6) is 0. The molecule has 0 bridgehead atoms. The number of hydrogen-bond donors (Lipinski definition) is 2. The van der Waals surface area contributed by atoms with Crippen molar-refractivity contribution >= 4 is 6.34 Å². The molecule has 0 radical (unpaired) electrons. The average Bonchev–Trinajstić information content (AvgIpc) is 2.64. The quantitative estimate of drug-likeness (QED) is 0.754. The van der Waals surface area contributed by atoms with Gasteiger partial charge in [0, 0.05) is 10.8 Å². The van der Waals surface area contributed by atoms with E-state index < -0.39 is 0 Å². The molecule has 4 heteroatoms. The maximum atomic E-state index is 9.63. The van der Waals surface area contributed by atoms with Crippen LogP contribution in [-0.4, -0.2) is 64.4 Å². The number of aliphatic hydroxyl groups is 2. The van der Waals surface area contributed by atoms with Gasteiger partial charge in [0.1, 0.15) is 25.2 Å². The van der Waals surface area contributed by atoms with Crippen molar-refractivity contribution in [1.82, 2.24) is 4.90 Å². The Balaban J connectivity index is 2.89. The third-order valence-corrected chi connectivity index (χ3v) is 4.06. The summed E-state index contributed by atoms with van der Waals surface area (Å²) in [5, 5.41) is 19.3. The van der Waals surface area contributed by atoms with Crippen molar-refractivity contribution < 1.29 is 14.8 Å². The van der Waals surface area contributed by atoms with Crippen LogP contribution < -0.4 is 0 Å². The molecule has 1 aliphatic heterocycles. The standard InChI is InChI=1S/C15H31N2O2/c1-14(2,3)12(9-18)16-7-8-17(11-16)13(10-19)15(4,5)6/h11-13,18-19H,7-10H2,1-6H3/q+1/t12-,13-/m1/s1. The minimum atomic E-state index is 0.0394. The topological polar surface area (TPSA) is 46.7 Å². The van der Waals surface area contributed by atoms with Crippen LogP contribution in [0.4, 0.5) is 0 Å². The van der Waals surface area contributed by atoms with E-state index in [4.69, 9.17) is 0 Å². The first-order chi connectivity index (χ1) is 8.61. The second kappa shape index (κ2) is 5.80. The van der Waals surface area contributed by atoms with Gasteiger partial charge >= 0.3 is 0 Å². The van der Waals surface area contributed by atoms with Crippen LogP contribution in [0.1, 0.15) is 41.5 Å². The summed E-state index contributed by atoms with van der Waals surface area (Å²) < 4.78 is 2.22. The Morgan fingerprint density at radius 3 is 2.00 bits per heavy atom. The number of hydrogen-bond acceptors (Lipinski definition) is 3. The lowest BCUT2D eigenvalue weighted by Crippen LogP contribution is -2.45. The van der Waals surface area contributed by atoms with E-state index in [1.54, 1.807) is 0 Å². The molecule has 0 fully saturated rings. The highest BCUT2D eigenvalue weighted by Gasteiger charge is 2.39. The maximum absolute atomic E-state index is 9.63. The van der Waals surface area contributed by atoms with Crippen LogP contribution in [0.3, 0.4) is 0 Å². The Labute approximate surface area is 117 Å². The highest BCUT2D eigenvalue weighted by Crippen LogP contribution is 2.26. The summed E-state index contributed by atoms with van der Waals surface area (Å²) in [7, 11) is 0. The molecule has 0 saturated heterocycles. The van der Waals surface area contributed by atoms with Crippen LogP contribution >= 0.6 is 0 Å². The molecule has 1 aliphatic rings. The zero-order valence-electron chi connectivity index (χ0n) is 13.3. The van der Waals surface area contributed by atoms with Crippen molar-refractivity contribution in [2.75, 3.05) is 26.3 Å². The Kier molecular flexibility index (Phi) is 5.02. The number of nitrogens with zero attached hydrogens (tertiary/aromatic N) is 2. The molecule has 0 aromatic heterocycles. The Morgan fingerprint density at radius 2 is 1.63 bits per heavy atom. The second-order valence-electron chi connectivity index (χ2n) is 7.72. The largest absolute Gasteiger partial charge is 0.392 e. The van der Waals surface area contributed by atoms with Crippen molar-refractivity contribution in [3.8, 4) is 0 Å². The summed E-state index contributed by atoms with van der Waals surface area (Å²) in [6.45, 7) is 15.0. The second-order valence-corrected chi connectivity index (χ2v) is 7.72. The average molecular weight is 271 g/mol. The van der Waals surface area contributed by atoms with Gasteiger partial charge in [-0.3, -0.25) is 9.48 Å². The SMILES string of the molecule is CC(C)(C)[C@@H](CO)N1C=[N+]([C@H](CO)C(C)(C)C)CC1. The molecule has 0 unspecified atom stereocenters. The van der Waals surface area contributed by atoms with Gasteiger partial charge in [0.05, 0.1) is 13.2 Å². The van der Waals surface area contributed by atoms with E-state index in [1.807, 2.05) is 0 Å². The predicted octanol–water partition coefficient (Wildman–Crippen LogP) is 1.16. The van der Waals surface area contributed by atoms with Crippen molar-refractivity contribution in [3.63, 3.8) is 0 Å². The van der Waals surface area contributed by atoms with Crippen molar-refractivity contribution in [1.29, 1.82) is 0 Å². The minimum absolute atomic E-state index is 0.0394. The van der Waals surface area contributed by atoms with Gasteiger partial charge in [0.15, 0.2) is 0 Å². The van der Waals surface area contributed by atoms with Gasteiger partial charge in [0.25, 0.3) is 0 Å². The van der Waals surface area contributed by atoms with Crippen LogP contribution in [-0.2, 0) is 0 Å². The van der Waals surface area contributed by atoms with Crippen LogP contribution in [0.15, 0.2) is 0 Å². The monoisotopic (exact) mass is 271 g/mol. The molecule has 0 aliphatic carbocycles. The van der Waals surface area contributed by atoms with E-state index in [0.29, 0.717) is 0 Å². The maximum Gasteiger partial charge on any atom is 0.235 e. The van der Waals surface area contributed by atoms with Crippen molar-refractivity contribution in [3.05, 3.63) is 0 Å². The van der Waals surface area contributed by atoms with E-state index in [9.17, 15) is 10.2 Å². The fourth-order valence-electron chi connectivity index (χ4n) is 2.76. The third kappa shape index (κ3) is 3.93. The summed E-state index contributed by atoms with van der Waals surface area (Å²) in [6.07, 6.45) is 2.10. The zero-order chi connectivity index (χ0) is 14.8. The zero-order valence-corrected chi connectivity index (χ0v) is 13.3. The fraction of sp³-hybridized carbons (Fsp3) is 0.933. The van der Waals surface area contributed by atoms with E-state index >= 15 is 0 Å². The van der Waals surface area contributed by atoms with E-state index in [-0.39, 0.29) is 36.1 Å². The van der Waals surface area contributed by atoms with Gasteiger partial charge in [0.2, 0.25) is 6.34 Å². The molecule has 1 rings (SSSR count). The van der Waals surface area contributed by atoms with Gasteiger partial charge in [-0.15, -0.1) is 0 Å². The van der Waals surface area contributed by atoms with Gasteiger partial charge in [-0.25, -0.2) is 0 Å². The van der Waals surface area contributed by atoms with E-state index in [0.717, 1.165) is 13.1 Å². The number of rotatable bonds is 4. The molecule has 0 saturated carbocycles. The van der Waals surface area contributed by atoms with Gasteiger partial charge in [-0.05, 0) is 0 Å². The molecule has 4 nitrogen and oxygen atoms in total. The molecule has 112 valence electrons. The summed E-state index contributed by atoms with van der Waals surface area (Å²) >= 11 is 0. The summed E-state index contributed by atoms with van der Waals surface area (Å²) in [6, 6.07) is 0.244. The minimum Gasteiger partial charge on any atom is -0.392 e. The summed E-state index contributed by atoms with van der Waals surface area (Å²) in [5.41, 5.74) is 0.0788. The van der Waals surface area contributed by atoms with Crippen LogP contribution in [0.25, 0.3) is 0 Å². The first-order valence-electron chi connectivity index (χ1n) is 7.19. The van der Waals surface area contributed by atoms with Crippen LogP contribution in [0, 0.1) is 10.8 Å². The smallest absolute Gasteiger partial charge is 0.235 e. The molecule has 0 aromatic rings. The molecular weight excluding hydrogens is 240 g/mol. The van der Waals surface area contributed by atoms with Crippen molar-refractivity contribution in [2.45, 2.75) is 53.6 Å². The molecule has 0 aromatic carbocycles. The lowest BCUT2D eigenvalue weighted by atomic mass is 9.86. The molecule has 2 N–H and O–H groups in total. The molecule has 0 amide bonds. The molecule has 1 heterocycles. The molecule has 0 spiro atoms. The van der Waals surface area contributed by atoms with E-state index in [1.165, 1.54) is 0 Å². The van der Waals surface area contributed by atoms with Crippen LogP contribution in [0.5, 0.6) is 0 Å². The predicted molar refractivity (Wildman–Crippen MR) is 78.6 cm³/mol. The van der Waals surface area contributed by atoms with E-state index in [2.05, 4.69) is 57.4 Å². The summed E-state index contributed by atoms with van der Waals surface area (Å²) in [4.78, 5) is 2.22. The fourth-order valence-corrected chi connectivity index (χ4v) is 2.76. The van der Waals surface area contributed by atoms with Crippen molar-refractivity contribution in [2.24, 2.45) is 10.8 Å². The normalized spacial score (nSPS) is 20.4.